The molecular formula is C9H13N3O2. The molecule has 1 aliphatic heterocycles. The van der Waals surface area contributed by atoms with E-state index in [1.54, 1.807) is 6.07 Å². The smallest absolute Gasteiger partial charge is 0.264 e. The molecule has 0 aliphatic carbocycles. The van der Waals surface area contributed by atoms with Crippen LogP contribution in [0.3, 0.4) is 0 Å². The van der Waals surface area contributed by atoms with E-state index in [9.17, 15) is 4.79 Å². The van der Waals surface area contributed by atoms with Gasteiger partial charge in [0.25, 0.3) is 5.56 Å². The largest absolute Gasteiger partial charge is 0.381 e. The Morgan fingerprint density at radius 3 is 3.21 bits per heavy atom. The predicted octanol–water partition coefficient (Wildman–Crippen LogP) is 0.218. The summed E-state index contributed by atoms with van der Waals surface area (Å²) in [6.07, 6.45) is 1.09. The fourth-order valence-electron chi connectivity index (χ4n) is 1.44. The van der Waals surface area contributed by atoms with Crippen molar-refractivity contribution in [2.75, 3.05) is 25.1 Å². The summed E-state index contributed by atoms with van der Waals surface area (Å²) in [5.74, 6) is 1.26. The number of aromatic amines is 1. The molecule has 14 heavy (non-hydrogen) atoms. The first-order valence-electron chi connectivity index (χ1n) is 4.72. The zero-order chi connectivity index (χ0) is 9.80. The van der Waals surface area contributed by atoms with Gasteiger partial charge in [0.05, 0.1) is 6.61 Å². The van der Waals surface area contributed by atoms with Gasteiger partial charge < -0.3 is 10.1 Å². The first-order chi connectivity index (χ1) is 6.84. The van der Waals surface area contributed by atoms with Crippen molar-refractivity contribution >= 4 is 5.82 Å². The Kier molecular flexibility index (Phi) is 2.78. The van der Waals surface area contributed by atoms with E-state index in [0.717, 1.165) is 26.2 Å². The van der Waals surface area contributed by atoms with Gasteiger partial charge in [0.1, 0.15) is 5.82 Å². The van der Waals surface area contributed by atoms with Crippen molar-refractivity contribution in [3.63, 3.8) is 0 Å². The van der Waals surface area contributed by atoms with Crippen molar-refractivity contribution in [3.05, 3.63) is 22.5 Å². The molecule has 1 fully saturated rings. The molecule has 1 aromatic rings. The fourth-order valence-corrected chi connectivity index (χ4v) is 1.44. The zero-order valence-corrected chi connectivity index (χ0v) is 7.82. The van der Waals surface area contributed by atoms with E-state index in [2.05, 4.69) is 15.5 Å². The highest BCUT2D eigenvalue weighted by atomic mass is 16.5. The minimum atomic E-state index is -0.181. The lowest BCUT2D eigenvalue weighted by Gasteiger charge is -2.08. The molecule has 76 valence electrons. The summed E-state index contributed by atoms with van der Waals surface area (Å²) in [7, 11) is 0. The van der Waals surface area contributed by atoms with Gasteiger partial charge in [-0.1, -0.05) is 0 Å². The van der Waals surface area contributed by atoms with Crippen LogP contribution in [0.2, 0.25) is 0 Å². The highest BCUT2D eigenvalue weighted by molar-refractivity contribution is 5.31. The van der Waals surface area contributed by atoms with Crippen LogP contribution in [0.25, 0.3) is 0 Å². The quantitative estimate of drug-likeness (QED) is 0.724. The van der Waals surface area contributed by atoms with Crippen LogP contribution in [0.5, 0.6) is 0 Å². The molecule has 0 saturated carbocycles. The van der Waals surface area contributed by atoms with Crippen molar-refractivity contribution in [3.8, 4) is 0 Å². The van der Waals surface area contributed by atoms with Crippen LogP contribution < -0.4 is 10.9 Å². The Balaban J connectivity index is 1.85. The van der Waals surface area contributed by atoms with E-state index < -0.39 is 0 Å². The third-order valence-corrected chi connectivity index (χ3v) is 2.27. The molecule has 0 amide bonds. The first-order valence-corrected chi connectivity index (χ1v) is 4.72. The van der Waals surface area contributed by atoms with Gasteiger partial charge >= 0.3 is 0 Å². The molecule has 2 rings (SSSR count). The molecule has 2 heterocycles. The second-order valence-corrected chi connectivity index (χ2v) is 3.42. The molecule has 1 aliphatic rings. The van der Waals surface area contributed by atoms with Crippen molar-refractivity contribution < 1.29 is 4.74 Å². The van der Waals surface area contributed by atoms with Gasteiger partial charge in [0.15, 0.2) is 0 Å². The van der Waals surface area contributed by atoms with Crippen LogP contribution in [0, 0.1) is 5.92 Å². The van der Waals surface area contributed by atoms with E-state index in [4.69, 9.17) is 4.74 Å². The van der Waals surface area contributed by atoms with Crippen molar-refractivity contribution in [1.82, 2.24) is 10.2 Å². The maximum atomic E-state index is 10.7. The van der Waals surface area contributed by atoms with E-state index in [1.165, 1.54) is 6.07 Å². The lowest BCUT2D eigenvalue weighted by Crippen LogP contribution is -2.16. The lowest BCUT2D eigenvalue weighted by molar-refractivity contribution is 0.187. The Labute approximate surface area is 81.5 Å². The van der Waals surface area contributed by atoms with Crippen LogP contribution in [0.1, 0.15) is 6.42 Å². The minimum Gasteiger partial charge on any atom is -0.381 e. The number of aromatic nitrogens is 2. The van der Waals surface area contributed by atoms with Gasteiger partial charge in [-0.25, -0.2) is 5.10 Å². The van der Waals surface area contributed by atoms with Gasteiger partial charge in [-0.2, -0.15) is 5.10 Å². The lowest BCUT2D eigenvalue weighted by atomic mass is 10.1. The van der Waals surface area contributed by atoms with E-state index in [1.807, 2.05) is 0 Å². The summed E-state index contributed by atoms with van der Waals surface area (Å²) in [5.41, 5.74) is -0.181. The van der Waals surface area contributed by atoms with Gasteiger partial charge in [-0.3, -0.25) is 4.79 Å². The second-order valence-electron chi connectivity index (χ2n) is 3.42. The molecule has 1 aromatic heterocycles. The monoisotopic (exact) mass is 195 g/mol. The topological polar surface area (TPSA) is 67.0 Å². The molecule has 1 atom stereocenters. The first kappa shape index (κ1) is 9.21. The van der Waals surface area contributed by atoms with Crippen molar-refractivity contribution in [2.24, 2.45) is 5.92 Å². The third kappa shape index (κ3) is 2.32. The Bertz CT molecular complexity index is 324. The summed E-state index contributed by atoms with van der Waals surface area (Å²) < 4.78 is 5.25. The average Bonchev–Trinajstić information content (AvgIpc) is 2.70. The van der Waals surface area contributed by atoms with Crippen LogP contribution in [-0.2, 0) is 4.74 Å². The second kappa shape index (κ2) is 4.23. The summed E-state index contributed by atoms with van der Waals surface area (Å²) in [6, 6.07) is 3.13. The predicted molar refractivity (Wildman–Crippen MR) is 52.3 cm³/mol. The minimum absolute atomic E-state index is 0.181. The maximum absolute atomic E-state index is 10.7. The van der Waals surface area contributed by atoms with Gasteiger partial charge in [-0.15, -0.1) is 0 Å². The van der Waals surface area contributed by atoms with Gasteiger partial charge in [-0.05, 0) is 12.5 Å². The Hall–Kier alpha value is -1.36. The molecule has 1 unspecified atom stereocenters. The van der Waals surface area contributed by atoms with Crippen LogP contribution in [0.4, 0.5) is 5.82 Å². The molecular weight excluding hydrogens is 182 g/mol. The number of H-pyrrole nitrogens is 1. The van der Waals surface area contributed by atoms with Crippen LogP contribution in [0.15, 0.2) is 16.9 Å². The van der Waals surface area contributed by atoms with E-state index >= 15 is 0 Å². The maximum Gasteiger partial charge on any atom is 0.264 e. The Morgan fingerprint density at radius 2 is 2.57 bits per heavy atom. The molecule has 2 N–H and O–H groups in total. The van der Waals surface area contributed by atoms with Gasteiger partial charge in [0.2, 0.25) is 0 Å². The fraction of sp³-hybridized carbons (Fsp3) is 0.556. The molecule has 5 nitrogen and oxygen atoms in total. The summed E-state index contributed by atoms with van der Waals surface area (Å²) >= 11 is 0. The number of anilines is 1. The molecule has 5 heteroatoms. The average molecular weight is 195 g/mol. The van der Waals surface area contributed by atoms with Gasteiger partial charge in [0, 0.05) is 25.1 Å². The van der Waals surface area contributed by atoms with Crippen LogP contribution in [-0.4, -0.2) is 30.0 Å². The summed E-state index contributed by atoms with van der Waals surface area (Å²) in [4.78, 5) is 10.7. The summed E-state index contributed by atoms with van der Waals surface area (Å²) in [5, 5.41) is 9.38. The standard InChI is InChI=1S/C9H13N3O2/c13-9-2-1-8(11-12-9)10-5-7-3-4-14-6-7/h1-2,7H,3-6H2,(H,10,11)(H,12,13). The normalized spacial score (nSPS) is 21.0. The van der Waals surface area contributed by atoms with Crippen molar-refractivity contribution in [2.45, 2.75) is 6.42 Å². The zero-order valence-electron chi connectivity index (χ0n) is 7.82. The molecule has 0 radical (unpaired) electrons. The number of hydrogen-bond acceptors (Lipinski definition) is 4. The SMILES string of the molecule is O=c1ccc(NCC2CCOC2)n[nH]1. The number of rotatable bonds is 3. The number of hydrogen-bond donors (Lipinski definition) is 2. The molecule has 0 spiro atoms. The Morgan fingerprint density at radius 1 is 1.64 bits per heavy atom. The van der Waals surface area contributed by atoms with E-state index in [-0.39, 0.29) is 5.56 Å². The molecule has 0 aromatic carbocycles. The number of ether oxygens (including phenoxy) is 1. The van der Waals surface area contributed by atoms with Crippen LogP contribution >= 0.6 is 0 Å². The van der Waals surface area contributed by atoms with Crippen molar-refractivity contribution in [1.29, 1.82) is 0 Å². The number of nitrogens with one attached hydrogen (secondary N) is 2. The molecule has 0 bridgehead atoms. The number of nitrogens with zero attached hydrogens (tertiary/aromatic N) is 1. The van der Waals surface area contributed by atoms with E-state index in [0.29, 0.717) is 11.7 Å². The molecule has 1 saturated heterocycles. The third-order valence-electron chi connectivity index (χ3n) is 2.27. The summed E-state index contributed by atoms with van der Waals surface area (Å²) in [6.45, 7) is 2.51. The highest BCUT2D eigenvalue weighted by Gasteiger charge is 2.14. The highest BCUT2D eigenvalue weighted by Crippen LogP contribution is 2.12.